The predicted molar refractivity (Wildman–Crippen MR) is 63.2 cm³/mol. The summed E-state index contributed by atoms with van der Waals surface area (Å²) >= 11 is 0. The van der Waals surface area contributed by atoms with Crippen LogP contribution in [0.5, 0.6) is 0 Å². The van der Waals surface area contributed by atoms with Gasteiger partial charge in [-0.2, -0.15) is 0 Å². The summed E-state index contributed by atoms with van der Waals surface area (Å²) in [6.07, 6.45) is 8.52. The van der Waals surface area contributed by atoms with Gasteiger partial charge in [0.2, 0.25) is 0 Å². The fourth-order valence-corrected chi connectivity index (χ4v) is 3.13. The van der Waals surface area contributed by atoms with Crippen molar-refractivity contribution >= 4 is 5.97 Å². The molecule has 0 bridgehead atoms. The Morgan fingerprint density at radius 1 is 1.06 bits per heavy atom. The molecule has 0 aromatic heterocycles. The van der Waals surface area contributed by atoms with Crippen molar-refractivity contribution in [2.45, 2.75) is 51.0 Å². The molecule has 0 N–H and O–H groups in total. The number of piperidine rings is 1. The van der Waals surface area contributed by atoms with Crippen molar-refractivity contribution < 1.29 is 9.53 Å². The van der Waals surface area contributed by atoms with Gasteiger partial charge in [0, 0.05) is 6.04 Å². The zero-order chi connectivity index (χ0) is 11.4. The second-order valence-electron chi connectivity index (χ2n) is 5.13. The van der Waals surface area contributed by atoms with Gasteiger partial charge in [-0.1, -0.05) is 6.42 Å². The molecule has 1 saturated carbocycles. The van der Waals surface area contributed by atoms with Crippen molar-refractivity contribution in [1.82, 2.24) is 4.90 Å². The van der Waals surface area contributed by atoms with Crippen LogP contribution >= 0.6 is 0 Å². The van der Waals surface area contributed by atoms with Crippen LogP contribution in [0.4, 0.5) is 0 Å². The van der Waals surface area contributed by atoms with Crippen LogP contribution in [0.3, 0.4) is 0 Å². The molecule has 92 valence electrons. The maximum absolute atomic E-state index is 11.4. The molecule has 2 fully saturated rings. The summed E-state index contributed by atoms with van der Waals surface area (Å²) in [6.45, 7) is 2.54. The van der Waals surface area contributed by atoms with Crippen molar-refractivity contribution in [3.63, 3.8) is 0 Å². The average Bonchev–Trinajstić information content (AvgIpc) is 2.39. The summed E-state index contributed by atoms with van der Waals surface area (Å²) in [4.78, 5) is 14.0. The van der Waals surface area contributed by atoms with E-state index >= 15 is 0 Å². The Morgan fingerprint density at radius 3 is 2.25 bits per heavy atom. The molecule has 16 heavy (non-hydrogen) atoms. The molecule has 0 atom stereocenters. The first kappa shape index (κ1) is 11.9. The predicted octanol–water partition coefficient (Wildman–Crippen LogP) is 2.20. The lowest BCUT2D eigenvalue weighted by atomic mass is 9.85. The highest BCUT2D eigenvalue weighted by Crippen LogP contribution is 2.29. The quantitative estimate of drug-likeness (QED) is 0.675. The van der Waals surface area contributed by atoms with Gasteiger partial charge in [0.1, 0.15) is 0 Å². The van der Waals surface area contributed by atoms with E-state index in [1.54, 1.807) is 0 Å². The SMILES string of the molecule is COC(=O)[C@H]1CC[C@H](N2CCCCC2)CC1. The Bertz CT molecular complexity index is 228. The van der Waals surface area contributed by atoms with E-state index in [1.165, 1.54) is 52.3 Å². The molecule has 0 aromatic carbocycles. The van der Waals surface area contributed by atoms with E-state index in [-0.39, 0.29) is 11.9 Å². The number of likely N-dealkylation sites (tertiary alicyclic amines) is 1. The summed E-state index contributed by atoms with van der Waals surface area (Å²) in [6, 6.07) is 0.737. The average molecular weight is 225 g/mol. The summed E-state index contributed by atoms with van der Waals surface area (Å²) in [5.41, 5.74) is 0. The van der Waals surface area contributed by atoms with Crippen LogP contribution in [0.25, 0.3) is 0 Å². The van der Waals surface area contributed by atoms with Gasteiger partial charge in [-0.05, 0) is 51.6 Å². The normalized spacial score (nSPS) is 32.3. The second kappa shape index (κ2) is 5.67. The molecule has 3 nitrogen and oxygen atoms in total. The van der Waals surface area contributed by atoms with Gasteiger partial charge in [0.25, 0.3) is 0 Å². The Morgan fingerprint density at radius 2 is 1.69 bits per heavy atom. The van der Waals surface area contributed by atoms with Crippen LogP contribution < -0.4 is 0 Å². The van der Waals surface area contributed by atoms with Gasteiger partial charge in [0.05, 0.1) is 13.0 Å². The fraction of sp³-hybridized carbons (Fsp3) is 0.923. The van der Waals surface area contributed by atoms with Crippen LogP contribution in [0.15, 0.2) is 0 Å². The lowest BCUT2D eigenvalue weighted by Gasteiger charge is -2.38. The first-order valence-electron chi connectivity index (χ1n) is 6.63. The number of ether oxygens (including phenoxy) is 1. The minimum absolute atomic E-state index is 0.00269. The van der Waals surface area contributed by atoms with E-state index < -0.39 is 0 Å². The molecule has 0 spiro atoms. The van der Waals surface area contributed by atoms with Gasteiger partial charge < -0.3 is 9.64 Å². The monoisotopic (exact) mass is 225 g/mol. The number of methoxy groups -OCH3 is 1. The molecule has 3 heteroatoms. The highest BCUT2D eigenvalue weighted by molar-refractivity contribution is 5.72. The van der Waals surface area contributed by atoms with Gasteiger partial charge in [-0.15, -0.1) is 0 Å². The number of esters is 1. The molecule has 0 radical (unpaired) electrons. The number of carbonyl (C=O) groups is 1. The number of rotatable bonds is 2. The standard InChI is InChI=1S/C13H23NO2/c1-16-13(15)11-5-7-12(8-6-11)14-9-3-2-4-10-14/h11-12H,2-10H2,1H3/t11-,12-. The molecule has 1 heterocycles. The van der Waals surface area contributed by atoms with Crippen LogP contribution in [-0.2, 0) is 9.53 Å². The molecule has 2 rings (SSSR count). The molecular weight excluding hydrogens is 202 g/mol. The number of hydrogen-bond donors (Lipinski definition) is 0. The third kappa shape index (κ3) is 2.76. The summed E-state index contributed by atoms with van der Waals surface area (Å²) in [7, 11) is 1.50. The molecule has 0 amide bonds. The van der Waals surface area contributed by atoms with Crippen LogP contribution in [0.1, 0.15) is 44.9 Å². The van der Waals surface area contributed by atoms with E-state index in [2.05, 4.69) is 4.90 Å². The van der Waals surface area contributed by atoms with Gasteiger partial charge in [0.15, 0.2) is 0 Å². The van der Waals surface area contributed by atoms with Crippen molar-refractivity contribution in [2.24, 2.45) is 5.92 Å². The Labute approximate surface area is 98.1 Å². The van der Waals surface area contributed by atoms with Crippen LogP contribution in [0, 0.1) is 5.92 Å². The summed E-state index contributed by atoms with van der Waals surface area (Å²) in [5.74, 6) is 0.170. The number of nitrogens with zero attached hydrogens (tertiary/aromatic N) is 1. The van der Waals surface area contributed by atoms with Crippen molar-refractivity contribution in [3.05, 3.63) is 0 Å². The molecule has 1 aliphatic heterocycles. The molecule has 0 unspecified atom stereocenters. The maximum atomic E-state index is 11.4. The highest BCUT2D eigenvalue weighted by Gasteiger charge is 2.30. The lowest BCUT2D eigenvalue weighted by molar-refractivity contribution is -0.146. The first-order chi connectivity index (χ1) is 7.81. The van der Waals surface area contributed by atoms with Crippen molar-refractivity contribution in [3.8, 4) is 0 Å². The largest absolute Gasteiger partial charge is 0.469 e. The third-order valence-electron chi connectivity index (χ3n) is 4.14. The Kier molecular flexibility index (Phi) is 4.22. The van der Waals surface area contributed by atoms with Crippen LogP contribution in [-0.4, -0.2) is 37.1 Å². The minimum Gasteiger partial charge on any atom is -0.469 e. The highest BCUT2D eigenvalue weighted by atomic mass is 16.5. The zero-order valence-corrected chi connectivity index (χ0v) is 10.3. The van der Waals surface area contributed by atoms with Gasteiger partial charge in [-0.3, -0.25) is 4.79 Å². The van der Waals surface area contributed by atoms with Gasteiger partial charge in [-0.25, -0.2) is 0 Å². The zero-order valence-electron chi connectivity index (χ0n) is 10.3. The smallest absolute Gasteiger partial charge is 0.308 e. The second-order valence-corrected chi connectivity index (χ2v) is 5.13. The Hall–Kier alpha value is -0.570. The molecule has 2 aliphatic rings. The summed E-state index contributed by atoms with van der Waals surface area (Å²) < 4.78 is 4.82. The maximum Gasteiger partial charge on any atom is 0.308 e. The fourth-order valence-electron chi connectivity index (χ4n) is 3.13. The van der Waals surface area contributed by atoms with Gasteiger partial charge >= 0.3 is 5.97 Å². The van der Waals surface area contributed by atoms with E-state index in [4.69, 9.17) is 4.74 Å². The lowest BCUT2D eigenvalue weighted by Crippen LogP contribution is -2.42. The number of hydrogen-bond acceptors (Lipinski definition) is 3. The van der Waals surface area contributed by atoms with E-state index in [0.717, 1.165) is 18.9 Å². The molecule has 1 saturated heterocycles. The number of carbonyl (C=O) groups excluding carboxylic acids is 1. The molecule has 1 aliphatic carbocycles. The third-order valence-corrected chi connectivity index (χ3v) is 4.14. The van der Waals surface area contributed by atoms with E-state index in [1.807, 2.05) is 0 Å². The topological polar surface area (TPSA) is 29.5 Å². The summed E-state index contributed by atoms with van der Waals surface area (Å²) in [5, 5.41) is 0. The molecular formula is C13H23NO2. The first-order valence-corrected chi connectivity index (χ1v) is 6.63. The van der Waals surface area contributed by atoms with Crippen molar-refractivity contribution in [1.29, 1.82) is 0 Å². The van der Waals surface area contributed by atoms with Crippen LogP contribution in [0.2, 0.25) is 0 Å². The van der Waals surface area contributed by atoms with Crippen molar-refractivity contribution in [2.75, 3.05) is 20.2 Å². The van der Waals surface area contributed by atoms with E-state index in [9.17, 15) is 4.79 Å². The molecule has 0 aromatic rings. The van der Waals surface area contributed by atoms with E-state index in [0.29, 0.717) is 0 Å². The minimum atomic E-state index is -0.00269. The Balaban J connectivity index is 1.78.